The van der Waals surface area contributed by atoms with Gasteiger partial charge in [0.15, 0.2) is 0 Å². The van der Waals surface area contributed by atoms with Gasteiger partial charge in [-0.1, -0.05) is 49.2 Å². The lowest BCUT2D eigenvalue weighted by molar-refractivity contribution is -0.139. The zero-order chi connectivity index (χ0) is 21.1. The van der Waals surface area contributed by atoms with E-state index in [-0.39, 0.29) is 18.0 Å². The Balaban J connectivity index is 1.77. The van der Waals surface area contributed by atoms with Crippen molar-refractivity contribution in [3.05, 3.63) is 45.9 Å². The van der Waals surface area contributed by atoms with Crippen molar-refractivity contribution >= 4 is 33.2 Å². The van der Waals surface area contributed by atoms with Gasteiger partial charge in [0.05, 0.1) is 41.0 Å². The molecule has 0 atom stereocenters. The van der Waals surface area contributed by atoms with Crippen molar-refractivity contribution in [2.24, 2.45) is 4.99 Å². The number of para-hydroxylation sites is 1. The van der Waals surface area contributed by atoms with Gasteiger partial charge < -0.3 is 4.74 Å². The van der Waals surface area contributed by atoms with Gasteiger partial charge in [-0.2, -0.15) is 4.68 Å². The molecule has 1 aliphatic carbocycles. The maximum Gasteiger partial charge on any atom is 0.311 e. The van der Waals surface area contributed by atoms with Gasteiger partial charge in [-0.25, -0.2) is 4.98 Å². The minimum absolute atomic E-state index is 0.0174. The standard InChI is InChI=1S/C22H26N4O3S/c1-14(23-15-9-5-3-4-6-10-15)20-17(13-19(27)29-2)25-26(21(20)28)22-24-16-11-7-8-12-18(16)30-22/h7-8,11-12,15,25H,3-6,9-10,13H2,1-2H3. The van der Waals surface area contributed by atoms with Gasteiger partial charge in [-0.15, -0.1) is 0 Å². The molecule has 1 N–H and O–H groups in total. The van der Waals surface area contributed by atoms with E-state index in [9.17, 15) is 9.59 Å². The topological polar surface area (TPSA) is 89.3 Å². The normalized spacial score (nSPS) is 16.0. The first-order chi connectivity index (χ1) is 14.6. The number of methoxy groups -OCH3 is 1. The summed E-state index contributed by atoms with van der Waals surface area (Å²) in [5.41, 5.74) is 2.23. The number of hydrogen-bond acceptors (Lipinski definition) is 6. The lowest BCUT2D eigenvalue weighted by Gasteiger charge is -2.10. The zero-order valence-electron chi connectivity index (χ0n) is 17.3. The number of rotatable bonds is 5. The predicted molar refractivity (Wildman–Crippen MR) is 119 cm³/mol. The molecular weight excluding hydrogens is 400 g/mol. The molecule has 158 valence electrons. The number of aromatic amines is 1. The number of nitrogens with one attached hydrogen (secondary N) is 1. The molecule has 1 aliphatic rings. The molecule has 8 heteroatoms. The molecule has 0 amide bonds. The molecule has 0 radical (unpaired) electrons. The fourth-order valence-corrected chi connectivity index (χ4v) is 4.94. The number of ether oxygens (including phenoxy) is 1. The fourth-order valence-electron chi connectivity index (χ4n) is 4.02. The summed E-state index contributed by atoms with van der Waals surface area (Å²) >= 11 is 1.43. The van der Waals surface area contributed by atoms with Gasteiger partial charge in [0, 0.05) is 5.71 Å². The van der Waals surface area contributed by atoms with Crippen molar-refractivity contribution in [1.29, 1.82) is 0 Å². The Bertz CT molecular complexity index is 1100. The van der Waals surface area contributed by atoms with Crippen LogP contribution in [-0.2, 0) is 16.0 Å². The highest BCUT2D eigenvalue weighted by atomic mass is 32.1. The molecule has 0 saturated heterocycles. The van der Waals surface area contributed by atoms with Crippen molar-refractivity contribution < 1.29 is 9.53 Å². The number of aromatic nitrogens is 3. The quantitative estimate of drug-likeness (QED) is 0.379. The summed E-state index contributed by atoms with van der Waals surface area (Å²) in [4.78, 5) is 34.8. The van der Waals surface area contributed by atoms with E-state index >= 15 is 0 Å². The second-order valence-corrected chi connectivity index (χ2v) is 8.69. The molecule has 0 aliphatic heterocycles. The third-order valence-electron chi connectivity index (χ3n) is 5.55. The van der Waals surface area contributed by atoms with E-state index in [4.69, 9.17) is 9.73 Å². The number of nitrogens with zero attached hydrogens (tertiary/aromatic N) is 3. The number of H-pyrrole nitrogens is 1. The van der Waals surface area contributed by atoms with Crippen LogP contribution in [0.2, 0.25) is 0 Å². The highest BCUT2D eigenvalue weighted by molar-refractivity contribution is 7.20. The van der Waals surface area contributed by atoms with Crippen LogP contribution in [0.25, 0.3) is 15.3 Å². The number of aliphatic imine (C=N–C) groups is 1. The van der Waals surface area contributed by atoms with Crippen LogP contribution >= 0.6 is 11.3 Å². The SMILES string of the molecule is COC(=O)Cc1[nH]n(-c2nc3ccccc3s2)c(=O)c1C(C)=NC1CCCCCC1. The molecule has 1 fully saturated rings. The second kappa shape index (κ2) is 8.95. The van der Waals surface area contributed by atoms with E-state index in [2.05, 4.69) is 10.1 Å². The van der Waals surface area contributed by atoms with Crippen LogP contribution in [0, 0.1) is 0 Å². The monoisotopic (exact) mass is 426 g/mol. The van der Waals surface area contributed by atoms with Crippen LogP contribution in [-0.4, -0.2) is 39.6 Å². The summed E-state index contributed by atoms with van der Waals surface area (Å²) in [6, 6.07) is 7.97. The molecule has 1 saturated carbocycles. The molecule has 4 rings (SSSR count). The van der Waals surface area contributed by atoms with Crippen LogP contribution < -0.4 is 5.56 Å². The smallest absolute Gasteiger partial charge is 0.311 e. The van der Waals surface area contributed by atoms with E-state index < -0.39 is 5.97 Å². The van der Waals surface area contributed by atoms with Gasteiger partial charge in [0.2, 0.25) is 5.13 Å². The number of benzene rings is 1. The number of thiazole rings is 1. The Morgan fingerprint density at radius 3 is 2.70 bits per heavy atom. The first-order valence-electron chi connectivity index (χ1n) is 10.4. The Morgan fingerprint density at radius 2 is 2.00 bits per heavy atom. The largest absolute Gasteiger partial charge is 0.469 e. The Kier molecular flexibility index (Phi) is 6.13. The first kappa shape index (κ1) is 20.5. The van der Waals surface area contributed by atoms with Gasteiger partial charge >= 0.3 is 5.97 Å². The molecule has 2 heterocycles. The minimum Gasteiger partial charge on any atom is -0.469 e. The predicted octanol–water partition coefficient (Wildman–Crippen LogP) is 4.02. The lowest BCUT2D eigenvalue weighted by Crippen LogP contribution is -2.21. The minimum atomic E-state index is -0.406. The van der Waals surface area contributed by atoms with E-state index in [0.717, 1.165) is 23.1 Å². The molecule has 30 heavy (non-hydrogen) atoms. The number of carbonyl (C=O) groups is 1. The second-order valence-electron chi connectivity index (χ2n) is 7.68. The third-order valence-corrected chi connectivity index (χ3v) is 6.57. The summed E-state index contributed by atoms with van der Waals surface area (Å²) in [6.45, 7) is 1.86. The fraction of sp³-hybridized carbons (Fsp3) is 0.455. The number of hydrogen-bond donors (Lipinski definition) is 1. The van der Waals surface area contributed by atoms with E-state index in [1.54, 1.807) is 0 Å². The molecule has 0 bridgehead atoms. The van der Waals surface area contributed by atoms with Crippen LogP contribution in [0.3, 0.4) is 0 Å². The van der Waals surface area contributed by atoms with Crippen LogP contribution in [0.5, 0.6) is 0 Å². The Morgan fingerprint density at radius 1 is 1.27 bits per heavy atom. The van der Waals surface area contributed by atoms with Gasteiger partial charge in [0.1, 0.15) is 0 Å². The van der Waals surface area contributed by atoms with Crippen molar-refractivity contribution in [2.75, 3.05) is 7.11 Å². The van der Waals surface area contributed by atoms with Crippen LogP contribution in [0.15, 0.2) is 34.1 Å². The van der Waals surface area contributed by atoms with Crippen molar-refractivity contribution in [1.82, 2.24) is 14.8 Å². The van der Waals surface area contributed by atoms with Gasteiger partial charge in [-0.3, -0.25) is 19.7 Å². The molecule has 2 aromatic heterocycles. The number of esters is 1. The van der Waals surface area contributed by atoms with E-state index in [1.165, 1.54) is 48.8 Å². The number of carbonyl (C=O) groups excluding carboxylic acids is 1. The summed E-state index contributed by atoms with van der Waals surface area (Å²) < 4.78 is 7.25. The molecule has 0 unspecified atom stereocenters. The number of fused-ring (bicyclic) bond motifs is 1. The van der Waals surface area contributed by atoms with Crippen molar-refractivity contribution in [3.8, 4) is 5.13 Å². The van der Waals surface area contributed by atoms with E-state index in [0.29, 0.717) is 22.1 Å². The van der Waals surface area contributed by atoms with Crippen LogP contribution in [0.1, 0.15) is 56.7 Å². The first-order valence-corrected chi connectivity index (χ1v) is 11.2. The summed E-state index contributed by atoms with van der Waals surface area (Å²) in [7, 11) is 1.34. The summed E-state index contributed by atoms with van der Waals surface area (Å²) in [6.07, 6.45) is 6.89. The molecule has 1 aromatic carbocycles. The molecule has 7 nitrogen and oxygen atoms in total. The average Bonchev–Trinajstić information content (AvgIpc) is 3.19. The molecule has 0 spiro atoms. The van der Waals surface area contributed by atoms with E-state index in [1.807, 2.05) is 31.2 Å². The summed E-state index contributed by atoms with van der Waals surface area (Å²) in [5.74, 6) is -0.406. The maximum absolute atomic E-state index is 13.4. The van der Waals surface area contributed by atoms with Crippen molar-refractivity contribution in [2.45, 2.75) is 57.9 Å². The Hall–Kier alpha value is -2.74. The van der Waals surface area contributed by atoms with Crippen LogP contribution in [0.4, 0.5) is 0 Å². The van der Waals surface area contributed by atoms with Gasteiger partial charge in [-0.05, 0) is 31.9 Å². The third kappa shape index (κ3) is 4.23. The molecule has 3 aromatic rings. The average molecular weight is 427 g/mol. The molecular formula is C22H26N4O3S. The highest BCUT2D eigenvalue weighted by Crippen LogP contribution is 2.24. The lowest BCUT2D eigenvalue weighted by atomic mass is 10.1. The van der Waals surface area contributed by atoms with Crippen molar-refractivity contribution in [3.63, 3.8) is 0 Å². The highest BCUT2D eigenvalue weighted by Gasteiger charge is 2.23. The Labute approximate surface area is 178 Å². The maximum atomic E-state index is 13.4. The summed E-state index contributed by atoms with van der Waals surface area (Å²) in [5, 5.41) is 3.64. The van der Waals surface area contributed by atoms with Gasteiger partial charge in [0.25, 0.3) is 5.56 Å². The zero-order valence-corrected chi connectivity index (χ0v) is 18.1.